The molecule has 2 rings (SSSR count). The van der Waals surface area contributed by atoms with E-state index in [0.717, 1.165) is 55.6 Å². The van der Waals surface area contributed by atoms with Gasteiger partial charge in [0.1, 0.15) is 0 Å². The van der Waals surface area contributed by atoms with E-state index in [0.29, 0.717) is 13.3 Å². The third-order valence-electron chi connectivity index (χ3n) is 3.33. The maximum Gasteiger partial charge on any atom is 0.231 e. The minimum absolute atomic E-state index is 0.303. The number of hydrogen-bond donors (Lipinski definition) is 2. The zero-order chi connectivity index (χ0) is 15.6. The van der Waals surface area contributed by atoms with Crippen LogP contribution in [0, 0.1) is 0 Å². The summed E-state index contributed by atoms with van der Waals surface area (Å²) in [6, 6.07) is 5.95. The normalized spacial score (nSPS) is 13.3. The Bertz CT molecular complexity index is 492. The predicted octanol–water partition coefficient (Wildman–Crippen LogP) is 1.90. The Hall–Kier alpha value is -1.95. The van der Waals surface area contributed by atoms with Gasteiger partial charge in [0.2, 0.25) is 6.79 Å². The molecule has 0 amide bonds. The summed E-state index contributed by atoms with van der Waals surface area (Å²) in [4.78, 5) is 4.22. The van der Waals surface area contributed by atoms with Crippen LogP contribution in [0.2, 0.25) is 0 Å². The number of ether oxygens (including phenoxy) is 3. The molecule has 0 atom stereocenters. The van der Waals surface area contributed by atoms with E-state index in [1.165, 1.54) is 0 Å². The number of hydrogen-bond acceptors (Lipinski definition) is 4. The fourth-order valence-corrected chi connectivity index (χ4v) is 2.14. The highest BCUT2D eigenvalue weighted by atomic mass is 16.7. The standard InChI is InChI=1S/C16H25N3O3/c1-3-20-9-5-4-8-18-16(17-2)19-11-13-6-7-14-15(10-13)22-12-21-14/h6-7,10H,3-5,8-9,11-12H2,1-2H3,(H2,17,18,19). The summed E-state index contributed by atoms with van der Waals surface area (Å²) in [6.45, 7) is 5.49. The molecule has 0 saturated heterocycles. The molecule has 1 aliphatic rings. The third-order valence-corrected chi connectivity index (χ3v) is 3.33. The summed E-state index contributed by atoms with van der Waals surface area (Å²) in [5.41, 5.74) is 1.13. The molecule has 2 N–H and O–H groups in total. The molecule has 6 nitrogen and oxygen atoms in total. The summed E-state index contributed by atoms with van der Waals surface area (Å²) < 4.78 is 16.0. The molecule has 1 heterocycles. The fraction of sp³-hybridized carbons (Fsp3) is 0.562. The molecule has 0 spiro atoms. The fourth-order valence-electron chi connectivity index (χ4n) is 2.14. The smallest absolute Gasteiger partial charge is 0.231 e. The van der Waals surface area contributed by atoms with Gasteiger partial charge in [0, 0.05) is 33.4 Å². The maximum absolute atomic E-state index is 5.38. The van der Waals surface area contributed by atoms with Gasteiger partial charge in [-0.2, -0.15) is 0 Å². The summed E-state index contributed by atoms with van der Waals surface area (Å²) in [5.74, 6) is 2.41. The first kappa shape index (κ1) is 16.4. The monoisotopic (exact) mass is 307 g/mol. The number of fused-ring (bicyclic) bond motifs is 1. The molecule has 0 aromatic heterocycles. The van der Waals surface area contributed by atoms with Crippen LogP contribution in [-0.2, 0) is 11.3 Å². The van der Waals surface area contributed by atoms with E-state index in [2.05, 4.69) is 15.6 Å². The van der Waals surface area contributed by atoms with Crippen molar-refractivity contribution < 1.29 is 14.2 Å². The zero-order valence-corrected chi connectivity index (χ0v) is 13.4. The van der Waals surface area contributed by atoms with Gasteiger partial charge in [-0.3, -0.25) is 4.99 Å². The lowest BCUT2D eigenvalue weighted by molar-refractivity contribution is 0.143. The lowest BCUT2D eigenvalue weighted by Gasteiger charge is -2.12. The van der Waals surface area contributed by atoms with E-state index in [-0.39, 0.29) is 0 Å². The van der Waals surface area contributed by atoms with Gasteiger partial charge in [-0.15, -0.1) is 0 Å². The van der Waals surface area contributed by atoms with Crippen LogP contribution in [-0.4, -0.2) is 39.6 Å². The third kappa shape index (κ3) is 5.11. The van der Waals surface area contributed by atoms with Crippen molar-refractivity contribution in [1.82, 2.24) is 10.6 Å². The molecule has 122 valence electrons. The van der Waals surface area contributed by atoms with Gasteiger partial charge in [-0.1, -0.05) is 6.07 Å². The molecule has 0 unspecified atom stereocenters. The van der Waals surface area contributed by atoms with Crippen molar-refractivity contribution in [2.45, 2.75) is 26.3 Å². The largest absolute Gasteiger partial charge is 0.454 e. The highest BCUT2D eigenvalue weighted by Crippen LogP contribution is 2.32. The van der Waals surface area contributed by atoms with Crippen LogP contribution in [0.1, 0.15) is 25.3 Å². The van der Waals surface area contributed by atoms with Gasteiger partial charge >= 0.3 is 0 Å². The topological polar surface area (TPSA) is 64.1 Å². The second kappa shape index (κ2) is 9.15. The van der Waals surface area contributed by atoms with Crippen molar-refractivity contribution in [3.8, 4) is 11.5 Å². The molecular weight excluding hydrogens is 282 g/mol. The molecule has 0 aliphatic carbocycles. The minimum atomic E-state index is 0.303. The first-order valence-corrected chi connectivity index (χ1v) is 7.74. The average Bonchev–Trinajstić information content (AvgIpc) is 3.01. The number of unbranched alkanes of at least 4 members (excludes halogenated alkanes) is 1. The Balaban J connectivity index is 1.68. The molecule has 0 radical (unpaired) electrons. The molecule has 1 aliphatic heterocycles. The summed E-state index contributed by atoms with van der Waals surface area (Å²) in [5, 5.41) is 6.59. The van der Waals surface area contributed by atoms with Gasteiger partial charge < -0.3 is 24.8 Å². The van der Waals surface area contributed by atoms with Crippen molar-refractivity contribution in [3.63, 3.8) is 0 Å². The van der Waals surface area contributed by atoms with Gasteiger partial charge in [0.05, 0.1) is 0 Å². The van der Waals surface area contributed by atoms with Crippen LogP contribution < -0.4 is 20.1 Å². The first-order valence-electron chi connectivity index (χ1n) is 7.74. The van der Waals surface area contributed by atoms with Crippen molar-refractivity contribution in [2.24, 2.45) is 4.99 Å². The van der Waals surface area contributed by atoms with Gasteiger partial charge in [-0.25, -0.2) is 0 Å². The lowest BCUT2D eigenvalue weighted by atomic mass is 10.2. The number of nitrogens with zero attached hydrogens (tertiary/aromatic N) is 1. The molecular formula is C16H25N3O3. The molecule has 22 heavy (non-hydrogen) atoms. The number of guanidine groups is 1. The molecule has 0 bridgehead atoms. The molecule has 1 aromatic rings. The highest BCUT2D eigenvalue weighted by Gasteiger charge is 2.13. The van der Waals surface area contributed by atoms with Crippen LogP contribution >= 0.6 is 0 Å². The highest BCUT2D eigenvalue weighted by molar-refractivity contribution is 5.79. The molecule has 0 fully saturated rings. The van der Waals surface area contributed by atoms with Crippen LogP contribution in [0.3, 0.4) is 0 Å². The Morgan fingerprint density at radius 3 is 2.91 bits per heavy atom. The SMILES string of the molecule is CCOCCCCNC(=NC)NCc1ccc2c(c1)OCO2. The average molecular weight is 307 g/mol. The number of benzene rings is 1. The number of aliphatic imine (C=N–C) groups is 1. The second-order valence-electron chi connectivity index (χ2n) is 4.94. The maximum atomic E-state index is 5.38. The molecule has 0 saturated carbocycles. The quantitative estimate of drug-likeness (QED) is 0.436. The summed E-state index contributed by atoms with van der Waals surface area (Å²) in [6.07, 6.45) is 2.12. The minimum Gasteiger partial charge on any atom is -0.454 e. The first-order chi connectivity index (χ1) is 10.8. The zero-order valence-electron chi connectivity index (χ0n) is 13.4. The summed E-state index contributed by atoms with van der Waals surface area (Å²) in [7, 11) is 1.77. The van der Waals surface area contributed by atoms with Crippen molar-refractivity contribution in [3.05, 3.63) is 23.8 Å². The van der Waals surface area contributed by atoms with E-state index >= 15 is 0 Å². The lowest BCUT2D eigenvalue weighted by Crippen LogP contribution is -2.37. The molecule has 1 aromatic carbocycles. The van der Waals surface area contributed by atoms with E-state index in [1.807, 2.05) is 25.1 Å². The molecule has 6 heteroatoms. The van der Waals surface area contributed by atoms with Crippen LogP contribution in [0.4, 0.5) is 0 Å². The van der Waals surface area contributed by atoms with Gasteiger partial charge in [0.15, 0.2) is 17.5 Å². The number of rotatable bonds is 8. The second-order valence-corrected chi connectivity index (χ2v) is 4.94. The van der Waals surface area contributed by atoms with Crippen LogP contribution in [0.15, 0.2) is 23.2 Å². The Morgan fingerprint density at radius 2 is 2.09 bits per heavy atom. The van der Waals surface area contributed by atoms with E-state index in [4.69, 9.17) is 14.2 Å². The van der Waals surface area contributed by atoms with Crippen molar-refractivity contribution in [2.75, 3.05) is 33.6 Å². The van der Waals surface area contributed by atoms with Gasteiger partial charge in [0.25, 0.3) is 0 Å². The Kier molecular flexibility index (Phi) is 6.83. The Labute approximate surface area is 131 Å². The van der Waals surface area contributed by atoms with Crippen molar-refractivity contribution >= 4 is 5.96 Å². The number of nitrogens with one attached hydrogen (secondary N) is 2. The Morgan fingerprint density at radius 1 is 1.23 bits per heavy atom. The predicted molar refractivity (Wildman–Crippen MR) is 86.5 cm³/mol. The van der Waals surface area contributed by atoms with E-state index in [1.54, 1.807) is 7.05 Å². The van der Waals surface area contributed by atoms with Gasteiger partial charge in [-0.05, 0) is 37.5 Å². The van der Waals surface area contributed by atoms with E-state index < -0.39 is 0 Å². The van der Waals surface area contributed by atoms with Crippen molar-refractivity contribution in [1.29, 1.82) is 0 Å². The summed E-state index contributed by atoms with van der Waals surface area (Å²) >= 11 is 0. The van der Waals surface area contributed by atoms with E-state index in [9.17, 15) is 0 Å². The van der Waals surface area contributed by atoms with Crippen LogP contribution in [0.5, 0.6) is 11.5 Å². The van der Waals surface area contributed by atoms with Crippen LogP contribution in [0.25, 0.3) is 0 Å².